The molecule has 0 atom stereocenters. The lowest BCUT2D eigenvalue weighted by atomic mass is 10.3. The number of unbranched alkanes of at least 4 members (excludes halogenated alkanes) is 2. The summed E-state index contributed by atoms with van der Waals surface area (Å²) in [5, 5.41) is 3.27. The number of H-pyrrole nitrogens is 1. The van der Waals surface area contributed by atoms with Gasteiger partial charge in [0.2, 0.25) is 0 Å². The molecule has 2 rings (SSSR count). The van der Waals surface area contributed by atoms with Crippen molar-refractivity contribution < 1.29 is 4.74 Å². The van der Waals surface area contributed by atoms with Crippen molar-refractivity contribution in [2.75, 3.05) is 18.5 Å². The zero-order chi connectivity index (χ0) is 15.9. The van der Waals surface area contributed by atoms with Gasteiger partial charge in [-0.05, 0) is 19.8 Å². The number of ether oxygens (including phenoxy) is 1. The molecule has 0 radical (unpaired) electrons. The van der Waals surface area contributed by atoms with E-state index in [2.05, 4.69) is 34.1 Å². The Balaban J connectivity index is 2.37. The molecule has 7 heteroatoms. The molecule has 0 aliphatic heterocycles. The minimum Gasteiger partial charge on any atom is -0.463 e. The van der Waals surface area contributed by atoms with Crippen LogP contribution in [0.25, 0.3) is 11.2 Å². The van der Waals surface area contributed by atoms with Gasteiger partial charge in [0.15, 0.2) is 11.5 Å². The van der Waals surface area contributed by atoms with Gasteiger partial charge in [0, 0.05) is 13.1 Å². The first kappa shape index (κ1) is 16.3. The van der Waals surface area contributed by atoms with Crippen molar-refractivity contribution in [1.82, 2.24) is 19.5 Å². The van der Waals surface area contributed by atoms with E-state index in [4.69, 9.17) is 4.74 Å². The van der Waals surface area contributed by atoms with E-state index in [1.54, 1.807) is 4.57 Å². The lowest BCUT2D eigenvalue weighted by Gasteiger charge is -2.09. The fourth-order valence-corrected chi connectivity index (χ4v) is 2.19. The fraction of sp³-hybridized carbons (Fsp3) is 0.667. The molecule has 2 aromatic heterocycles. The SMILES string of the molecule is CCCCNc1nc(OCCCC)nc2c1[nH]c(=O)n2CC. The molecule has 0 aliphatic carbocycles. The average molecular weight is 307 g/mol. The normalized spacial score (nSPS) is 11.0. The van der Waals surface area contributed by atoms with E-state index in [9.17, 15) is 4.79 Å². The first-order valence-electron chi connectivity index (χ1n) is 8.08. The summed E-state index contributed by atoms with van der Waals surface area (Å²) in [6.45, 7) is 8.09. The van der Waals surface area contributed by atoms with Crippen LogP contribution in [0.5, 0.6) is 6.01 Å². The van der Waals surface area contributed by atoms with Gasteiger partial charge in [-0.2, -0.15) is 9.97 Å². The molecule has 2 N–H and O–H groups in total. The lowest BCUT2D eigenvalue weighted by Crippen LogP contribution is -2.15. The van der Waals surface area contributed by atoms with Gasteiger partial charge in [0.25, 0.3) is 0 Å². The van der Waals surface area contributed by atoms with Crippen LogP contribution in [0.2, 0.25) is 0 Å². The van der Waals surface area contributed by atoms with Crippen LogP contribution in [0, 0.1) is 0 Å². The van der Waals surface area contributed by atoms with Crippen LogP contribution in [-0.2, 0) is 6.54 Å². The standard InChI is InChI=1S/C15H25N5O2/c1-4-7-9-16-12-11-13(20(6-3)15(21)17-11)19-14(18-12)22-10-8-5-2/h4-10H2,1-3H3,(H,17,21)(H,16,18,19). The third-order valence-corrected chi connectivity index (χ3v) is 3.47. The molecule has 2 aromatic rings. The van der Waals surface area contributed by atoms with Crippen LogP contribution in [0.3, 0.4) is 0 Å². The molecular formula is C15H25N5O2. The first-order chi connectivity index (χ1) is 10.7. The van der Waals surface area contributed by atoms with Crippen LogP contribution < -0.4 is 15.7 Å². The maximum Gasteiger partial charge on any atom is 0.327 e. The van der Waals surface area contributed by atoms with Crippen molar-refractivity contribution >= 4 is 17.0 Å². The van der Waals surface area contributed by atoms with Gasteiger partial charge in [0.05, 0.1) is 6.61 Å². The number of nitrogens with zero attached hydrogens (tertiary/aromatic N) is 3. The molecule has 0 fully saturated rings. The highest BCUT2D eigenvalue weighted by Crippen LogP contribution is 2.20. The minimum absolute atomic E-state index is 0.170. The zero-order valence-corrected chi connectivity index (χ0v) is 13.6. The molecule has 22 heavy (non-hydrogen) atoms. The number of hydrogen-bond donors (Lipinski definition) is 2. The number of aromatic amines is 1. The van der Waals surface area contributed by atoms with Crippen molar-refractivity contribution in [2.45, 2.75) is 53.0 Å². The van der Waals surface area contributed by atoms with Crippen molar-refractivity contribution in [3.63, 3.8) is 0 Å². The van der Waals surface area contributed by atoms with Crippen molar-refractivity contribution in [3.8, 4) is 6.01 Å². The van der Waals surface area contributed by atoms with E-state index in [0.29, 0.717) is 36.1 Å². The number of imidazole rings is 1. The summed E-state index contributed by atoms with van der Waals surface area (Å²) < 4.78 is 7.21. The summed E-state index contributed by atoms with van der Waals surface area (Å²) in [6.07, 6.45) is 4.13. The van der Waals surface area contributed by atoms with Crippen LogP contribution in [0.15, 0.2) is 4.79 Å². The van der Waals surface area contributed by atoms with Gasteiger partial charge in [0.1, 0.15) is 5.52 Å². The number of nitrogens with one attached hydrogen (secondary N) is 2. The third kappa shape index (κ3) is 3.58. The zero-order valence-electron chi connectivity index (χ0n) is 13.6. The molecule has 0 aliphatic rings. The fourth-order valence-electron chi connectivity index (χ4n) is 2.19. The number of anilines is 1. The van der Waals surface area contributed by atoms with Crippen molar-refractivity contribution in [1.29, 1.82) is 0 Å². The van der Waals surface area contributed by atoms with Crippen LogP contribution in [0.4, 0.5) is 5.82 Å². The summed E-state index contributed by atoms with van der Waals surface area (Å²) in [5.74, 6) is 0.634. The second-order valence-electron chi connectivity index (χ2n) is 5.21. The van der Waals surface area contributed by atoms with Gasteiger partial charge >= 0.3 is 11.7 Å². The Labute approximate surface area is 130 Å². The monoisotopic (exact) mass is 307 g/mol. The summed E-state index contributed by atoms with van der Waals surface area (Å²) in [7, 11) is 0. The summed E-state index contributed by atoms with van der Waals surface area (Å²) >= 11 is 0. The molecular weight excluding hydrogens is 282 g/mol. The minimum atomic E-state index is -0.170. The number of rotatable bonds is 9. The van der Waals surface area contributed by atoms with Gasteiger partial charge in [-0.15, -0.1) is 0 Å². The predicted molar refractivity (Wildman–Crippen MR) is 87.6 cm³/mol. The molecule has 122 valence electrons. The van der Waals surface area contributed by atoms with Crippen LogP contribution >= 0.6 is 0 Å². The van der Waals surface area contributed by atoms with E-state index in [1.807, 2.05) is 6.92 Å². The Morgan fingerprint density at radius 1 is 1.18 bits per heavy atom. The molecule has 0 unspecified atom stereocenters. The number of hydrogen-bond acceptors (Lipinski definition) is 5. The second-order valence-corrected chi connectivity index (χ2v) is 5.21. The summed E-state index contributed by atoms with van der Waals surface area (Å²) in [5.41, 5.74) is 1.06. The van der Waals surface area contributed by atoms with E-state index in [0.717, 1.165) is 32.2 Å². The van der Waals surface area contributed by atoms with Crippen LogP contribution in [-0.4, -0.2) is 32.7 Å². The molecule has 0 amide bonds. The molecule has 0 spiro atoms. The second kappa shape index (κ2) is 7.82. The molecule has 2 heterocycles. The smallest absolute Gasteiger partial charge is 0.327 e. The highest BCUT2D eigenvalue weighted by molar-refractivity contribution is 5.83. The number of aryl methyl sites for hydroxylation is 1. The number of aromatic nitrogens is 4. The van der Waals surface area contributed by atoms with Crippen LogP contribution in [0.1, 0.15) is 46.5 Å². The van der Waals surface area contributed by atoms with Gasteiger partial charge in [-0.25, -0.2) is 4.79 Å². The quantitative estimate of drug-likeness (QED) is 0.695. The van der Waals surface area contributed by atoms with Gasteiger partial charge < -0.3 is 15.0 Å². The van der Waals surface area contributed by atoms with Gasteiger partial charge in [-0.3, -0.25) is 4.57 Å². The predicted octanol–water partition coefficient (Wildman–Crippen LogP) is 2.53. The van der Waals surface area contributed by atoms with E-state index in [-0.39, 0.29) is 5.69 Å². The topological polar surface area (TPSA) is 84.8 Å². The first-order valence-corrected chi connectivity index (χ1v) is 8.08. The Kier molecular flexibility index (Phi) is 5.80. The van der Waals surface area contributed by atoms with E-state index < -0.39 is 0 Å². The highest BCUT2D eigenvalue weighted by Gasteiger charge is 2.15. The molecule has 0 aromatic carbocycles. The average Bonchev–Trinajstić information content (AvgIpc) is 2.83. The largest absolute Gasteiger partial charge is 0.463 e. The van der Waals surface area contributed by atoms with Crippen molar-refractivity contribution in [2.24, 2.45) is 0 Å². The van der Waals surface area contributed by atoms with Gasteiger partial charge in [-0.1, -0.05) is 26.7 Å². The summed E-state index contributed by atoms with van der Waals surface area (Å²) in [4.78, 5) is 23.6. The summed E-state index contributed by atoms with van der Waals surface area (Å²) in [6, 6.07) is 0.321. The molecule has 0 saturated carbocycles. The highest BCUT2D eigenvalue weighted by atomic mass is 16.5. The molecule has 0 saturated heterocycles. The van der Waals surface area contributed by atoms with E-state index >= 15 is 0 Å². The Hall–Kier alpha value is -2.05. The Morgan fingerprint density at radius 3 is 2.64 bits per heavy atom. The number of fused-ring (bicyclic) bond motifs is 1. The lowest BCUT2D eigenvalue weighted by molar-refractivity contribution is 0.286. The Bertz CT molecular complexity index is 662. The molecule has 7 nitrogen and oxygen atoms in total. The maximum atomic E-state index is 12.0. The van der Waals surface area contributed by atoms with Crippen molar-refractivity contribution in [3.05, 3.63) is 10.5 Å². The molecule has 0 bridgehead atoms. The maximum absolute atomic E-state index is 12.0. The van der Waals surface area contributed by atoms with E-state index in [1.165, 1.54) is 0 Å². The Morgan fingerprint density at radius 2 is 1.95 bits per heavy atom. The third-order valence-electron chi connectivity index (χ3n) is 3.47.